The number of aromatic nitrogens is 6. The molecule has 18 nitrogen and oxygen atoms in total. The molecule has 3 unspecified atom stereocenters. The number of thiazole rings is 1. The number of imidazole rings is 2. The predicted octanol–water partition coefficient (Wildman–Crippen LogP) is 9.31. The van der Waals surface area contributed by atoms with Crippen molar-refractivity contribution < 1.29 is 42.5 Å². The van der Waals surface area contributed by atoms with Crippen molar-refractivity contribution in [2.75, 3.05) is 33.9 Å². The summed E-state index contributed by atoms with van der Waals surface area (Å²) in [7, 11) is 2.57. The van der Waals surface area contributed by atoms with Crippen molar-refractivity contribution in [1.82, 2.24) is 49.9 Å². The average Bonchev–Trinajstić information content (AvgIpc) is 4.18. The number of halogens is 1. The topological polar surface area (TPSA) is 211 Å². The molecule has 4 amide bonds. The van der Waals surface area contributed by atoms with Gasteiger partial charge in [0.05, 0.1) is 82.3 Å². The number of nitrogens with one attached hydrogen (secondary N) is 4. The van der Waals surface area contributed by atoms with Crippen LogP contribution >= 0.6 is 11.3 Å². The van der Waals surface area contributed by atoms with Gasteiger partial charge in [0.15, 0.2) is 0 Å². The highest BCUT2D eigenvalue weighted by atomic mass is 32.1. The Kier molecular flexibility index (Phi) is 12.8. The Labute approximate surface area is 432 Å². The van der Waals surface area contributed by atoms with Crippen molar-refractivity contribution in [2.24, 2.45) is 11.8 Å². The van der Waals surface area contributed by atoms with Crippen molar-refractivity contribution in [1.29, 1.82) is 0 Å². The quantitative estimate of drug-likeness (QED) is 0.0907. The molecule has 0 bridgehead atoms. The lowest BCUT2D eigenvalue weighted by Gasteiger charge is -2.40. The van der Waals surface area contributed by atoms with Crippen molar-refractivity contribution in [2.45, 2.75) is 127 Å². The molecule has 20 heteroatoms. The van der Waals surface area contributed by atoms with Gasteiger partial charge >= 0.3 is 12.2 Å². The molecule has 4 aromatic heterocycles. The van der Waals surface area contributed by atoms with Gasteiger partial charge in [-0.2, -0.15) is 0 Å². The van der Waals surface area contributed by atoms with E-state index in [9.17, 15) is 19.2 Å². The van der Waals surface area contributed by atoms with Gasteiger partial charge in [0.25, 0.3) is 0 Å². The zero-order chi connectivity index (χ0) is 51.8. The van der Waals surface area contributed by atoms with Crippen LogP contribution in [0.15, 0.2) is 55.0 Å². The molecular formula is C54H63FN10O8S. The first kappa shape index (κ1) is 49.4. The number of nitrogens with zero attached hydrogens (tertiary/aromatic N) is 6. The Morgan fingerprint density at radius 3 is 2.14 bits per heavy atom. The number of rotatable bonds is 12. The number of methoxy groups -OCH3 is 2. The Morgan fingerprint density at radius 2 is 1.49 bits per heavy atom. The molecule has 1 aliphatic carbocycles. The van der Waals surface area contributed by atoms with Crippen molar-refractivity contribution >= 4 is 46.2 Å². The number of likely N-dealkylation sites (tertiary alicyclic amines) is 2. The molecule has 0 radical (unpaired) electrons. The van der Waals surface area contributed by atoms with Gasteiger partial charge in [-0.1, -0.05) is 26.8 Å². The number of amides is 4. The van der Waals surface area contributed by atoms with E-state index in [2.05, 4.69) is 38.2 Å². The van der Waals surface area contributed by atoms with E-state index in [0.29, 0.717) is 85.3 Å². The third-order valence-corrected chi connectivity index (χ3v) is 17.1. The molecule has 4 fully saturated rings. The predicted molar refractivity (Wildman–Crippen MR) is 274 cm³/mol. The normalized spacial score (nSPS) is 22.4. The molecule has 3 saturated heterocycles. The lowest BCUT2D eigenvalue weighted by molar-refractivity contribution is -0.139. The SMILES string of the molecule is COC(=O)NC(C(=O)N1CCC[C@H]1c1ncc(-c2ccc3c(c2)cc2n3C(c3cnc(C4(C)CC4)s3)Oc3cc(-c4cnc([C@@H]5CCCN5C(=O)[C@@H](NC(=O)OC)C(C)C)[nH]4)cc(F)c3-2)[nH]1)C1CCOC(C)(C)C1. The maximum Gasteiger partial charge on any atom is 0.407 e. The van der Waals surface area contributed by atoms with E-state index < -0.39 is 41.9 Å². The molecule has 390 valence electrons. The van der Waals surface area contributed by atoms with Gasteiger partial charge in [-0.05, 0) is 107 Å². The first-order valence-electron chi connectivity index (χ1n) is 25.7. The van der Waals surface area contributed by atoms with E-state index in [1.165, 1.54) is 20.3 Å². The van der Waals surface area contributed by atoms with Crippen LogP contribution in [-0.2, 0) is 29.2 Å². The molecule has 2 aromatic carbocycles. The summed E-state index contributed by atoms with van der Waals surface area (Å²) < 4.78 is 41.7. The number of benzene rings is 2. The highest BCUT2D eigenvalue weighted by Crippen LogP contribution is 2.52. The molecule has 1 saturated carbocycles. The fraction of sp³-hybridized carbons (Fsp3) is 0.500. The van der Waals surface area contributed by atoms with E-state index >= 15 is 4.39 Å². The monoisotopic (exact) mass is 1030 g/mol. The summed E-state index contributed by atoms with van der Waals surface area (Å²) in [5.74, 6) is 0.421. The van der Waals surface area contributed by atoms with Crippen LogP contribution < -0.4 is 15.4 Å². The van der Waals surface area contributed by atoms with Crippen LogP contribution in [0.3, 0.4) is 0 Å². The van der Waals surface area contributed by atoms with Crippen molar-refractivity contribution in [3.05, 3.63) is 82.3 Å². The smallest absolute Gasteiger partial charge is 0.407 e. The van der Waals surface area contributed by atoms with E-state index in [1.54, 1.807) is 28.6 Å². The first-order valence-corrected chi connectivity index (χ1v) is 26.5. The molecule has 4 N–H and O–H groups in total. The van der Waals surface area contributed by atoms with E-state index in [4.69, 9.17) is 33.9 Å². The number of fused-ring (bicyclic) bond motifs is 5. The number of ether oxygens (including phenoxy) is 4. The highest BCUT2D eigenvalue weighted by Gasteiger charge is 2.45. The Bertz CT molecular complexity index is 3160. The lowest BCUT2D eigenvalue weighted by atomic mass is 9.82. The number of carbonyl (C=O) groups excluding carboxylic acids is 4. The largest absolute Gasteiger partial charge is 0.464 e. The van der Waals surface area contributed by atoms with Crippen molar-refractivity contribution in [3.8, 4) is 39.5 Å². The Morgan fingerprint density at radius 1 is 0.824 bits per heavy atom. The number of hydrogen-bond donors (Lipinski definition) is 4. The molecule has 6 aromatic rings. The van der Waals surface area contributed by atoms with Crippen LogP contribution in [0.2, 0.25) is 0 Å². The van der Waals surface area contributed by atoms with Crippen molar-refractivity contribution in [3.63, 3.8) is 0 Å². The van der Waals surface area contributed by atoms with Gasteiger partial charge in [-0.25, -0.2) is 28.9 Å². The Hall–Kier alpha value is -6.80. The van der Waals surface area contributed by atoms with E-state index in [1.807, 2.05) is 63.1 Å². The first-order chi connectivity index (χ1) is 35.5. The van der Waals surface area contributed by atoms with Gasteiger partial charge < -0.3 is 49.3 Å². The van der Waals surface area contributed by atoms with E-state index in [0.717, 1.165) is 57.7 Å². The number of carbonyl (C=O) groups is 4. The second-order valence-corrected chi connectivity index (χ2v) is 22.7. The van der Waals surface area contributed by atoms with Gasteiger partial charge in [0, 0.05) is 47.8 Å². The Balaban J connectivity index is 0.900. The molecule has 0 spiro atoms. The van der Waals surface area contributed by atoms with Crippen LogP contribution in [0.4, 0.5) is 14.0 Å². The second-order valence-electron chi connectivity index (χ2n) is 21.7. The minimum Gasteiger partial charge on any atom is -0.464 e. The minimum absolute atomic E-state index is 0.0338. The number of hydrogen-bond acceptors (Lipinski definition) is 12. The summed E-state index contributed by atoms with van der Waals surface area (Å²) in [5.41, 5.74) is 4.14. The number of aromatic amines is 2. The molecule has 11 rings (SSSR count). The molecule has 74 heavy (non-hydrogen) atoms. The molecule has 5 aliphatic rings. The van der Waals surface area contributed by atoms with Gasteiger partial charge in [-0.3, -0.25) is 14.2 Å². The number of H-pyrrole nitrogens is 2. The molecule has 8 heterocycles. The molecular weight excluding hydrogens is 968 g/mol. The molecule has 6 atom stereocenters. The standard InChI is InChI=1S/C54H63FN10O8S/c1-28(2)43(61-51(68)70-6)47(66)63-17-8-10-37(63)46-57-26-35(60-46)31-21-33(55)42-39-22-32-20-29(12-13-36(32)65(39)49(73-40(42)23-31)41-27-58-50(74-41)54(5)15-16-54)34-25-56-45(59-34)38-11-9-18-64(38)48(67)44(62-52(69)71-7)30-14-19-72-53(3,4)24-30/h12-13,20-23,25-28,30,37-38,43-44,49H,8-11,14-19,24H2,1-7H3,(H,56,59)(H,57,60)(H,61,68)(H,62,69)/t30?,37-,38-,43-,44?,49?/m0/s1. The van der Waals surface area contributed by atoms with Crippen LogP contribution in [0.25, 0.3) is 44.7 Å². The third-order valence-electron chi connectivity index (χ3n) is 15.7. The zero-order valence-corrected chi connectivity index (χ0v) is 43.6. The maximum atomic E-state index is 17.0. The second kappa shape index (κ2) is 19.2. The van der Waals surface area contributed by atoms with Crippen LogP contribution in [0.5, 0.6) is 5.75 Å². The summed E-state index contributed by atoms with van der Waals surface area (Å²) in [4.78, 5) is 78.9. The highest BCUT2D eigenvalue weighted by molar-refractivity contribution is 7.11. The average molecular weight is 1030 g/mol. The van der Waals surface area contributed by atoms with Gasteiger partial charge in [0.2, 0.25) is 18.0 Å². The molecule has 4 aliphatic heterocycles. The van der Waals surface area contributed by atoms with Gasteiger partial charge in [-0.15, -0.1) is 11.3 Å². The fourth-order valence-corrected chi connectivity index (χ4v) is 12.6. The lowest BCUT2D eigenvalue weighted by Crippen LogP contribution is -2.54. The van der Waals surface area contributed by atoms with Crippen LogP contribution in [0, 0.1) is 17.7 Å². The van der Waals surface area contributed by atoms with Gasteiger partial charge in [0.1, 0.15) is 35.3 Å². The fourth-order valence-electron chi connectivity index (χ4n) is 11.5. The van der Waals surface area contributed by atoms with Crippen LogP contribution in [-0.4, -0.2) is 115 Å². The summed E-state index contributed by atoms with van der Waals surface area (Å²) in [6, 6.07) is 9.17. The number of alkyl carbamates (subject to hydrolysis) is 2. The summed E-state index contributed by atoms with van der Waals surface area (Å²) in [5, 5.41) is 7.46. The zero-order valence-electron chi connectivity index (χ0n) is 42.8. The summed E-state index contributed by atoms with van der Waals surface area (Å²) >= 11 is 1.62. The van der Waals surface area contributed by atoms with Crippen LogP contribution in [0.1, 0.15) is 126 Å². The summed E-state index contributed by atoms with van der Waals surface area (Å²) in [6.07, 6.45) is 9.64. The third kappa shape index (κ3) is 9.06. The summed E-state index contributed by atoms with van der Waals surface area (Å²) in [6.45, 7) is 11.5. The maximum absolute atomic E-state index is 17.0. The van der Waals surface area contributed by atoms with E-state index in [-0.39, 0.29) is 41.1 Å². The minimum atomic E-state index is -0.778.